The molecule has 2 rings (SSSR count). The van der Waals surface area contributed by atoms with Crippen LogP contribution in [0.1, 0.15) is 28.5 Å². The second-order valence-corrected chi connectivity index (χ2v) is 6.53. The van der Waals surface area contributed by atoms with Gasteiger partial charge in [0.05, 0.1) is 16.7 Å². The number of hydrogen-bond donors (Lipinski definition) is 1. The summed E-state index contributed by atoms with van der Waals surface area (Å²) in [6, 6.07) is 7.15. The molecule has 4 nitrogen and oxygen atoms in total. The van der Waals surface area contributed by atoms with E-state index in [0.29, 0.717) is 5.02 Å². The van der Waals surface area contributed by atoms with Crippen molar-refractivity contribution in [2.75, 3.05) is 11.4 Å². The number of aryl methyl sites for hydroxylation is 2. The molecule has 0 fully saturated rings. The quantitative estimate of drug-likeness (QED) is 0.901. The molecule has 2 aromatic rings. The second kappa shape index (κ2) is 6.45. The molecule has 1 heterocycles. The number of aromatic nitrogens is 1. The maximum Gasteiger partial charge on any atom is 0.323 e. The van der Waals surface area contributed by atoms with Crippen molar-refractivity contribution in [3.63, 3.8) is 0 Å². The number of halogens is 1. The average Bonchev–Trinajstić information content (AvgIpc) is 2.75. The van der Waals surface area contributed by atoms with Gasteiger partial charge in [0.1, 0.15) is 6.54 Å². The van der Waals surface area contributed by atoms with E-state index in [1.165, 1.54) is 0 Å². The third-order valence-corrected chi connectivity index (χ3v) is 4.75. The SMILES string of the molecule is Cc1nc(C)c(C(C)N(CC(=O)O)c2ccc(Cl)cc2)s1. The predicted octanol–water partition coefficient (Wildman–Crippen LogP) is 4.07. The van der Waals surface area contributed by atoms with Crippen molar-refractivity contribution < 1.29 is 9.90 Å². The van der Waals surface area contributed by atoms with Crippen molar-refractivity contribution in [2.24, 2.45) is 0 Å². The van der Waals surface area contributed by atoms with Gasteiger partial charge in [-0.2, -0.15) is 0 Å². The maximum absolute atomic E-state index is 11.2. The highest BCUT2D eigenvalue weighted by molar-refractivity contribution is 7.11. The molecule has 0 aliphatic heterocycles. The lowest BCUT2D eigenvalue weighted by Gasteiger charge is -2.29. The first-order valence-electron chi connectivity index (χ1n) is 6.56. The summed E-state index contributed by atoms with van der Waals surface area (Å²) in [5.41, 5.74) is 1.79. The standard InChI is InChI=1S/C15H17ClN2O2S/c1-9-15(21-11(3)17-9)10(2)18(8-14(19)20)13-6-4-12(16)5-7-13/h4-7,10H,8H2,1-3H3,(H,19,20). The Hall–Kier alpha value is -1.59. The van der Waals surface area contributed by atoms with Gasteiger partial charge in [-0.3, -0.25) is 4.79 Å². The van der Waals surface area contributed by atoms with Gasteiger partial charge < -0.3 is 10.0 Å². The number of aliphatic carboxylic acids is 1. The number of carboxylic acid groups (broad SMARTS) is 1. The molecule has 0 amide bonds. The topological polar surface area (TPSA) is 53.4 Å². The van der Waals surface area contributed by atoms with Crippen molar-refractivity contribution in [3.05, 3.63) is 44.9 Å². The summed E-state index contributed by atoms with van der Waals surface area (Å²) in [6.45, 7) is 5.84. The predicted molar refractivity (Wildman–Crippen MR) is 86.4 cm³/mol. The molecule has 0 aliphatic rings. The Kier molecular flexibility index (Phi) is 4.85. The molecule has 112 valence electrons. The summed E-state index contributed by atoms with van der Waals surface area (Å²) in [5, 5.41) is 10.8. The molecule has 0 saturated heterocycles. The molecule has 0 aliphatic carbocycles. The third kappa shape index (κ3) is 3.74. The zero-order valence-electron chi connectivity index (χ0n) is 12.1. The Morgan fingerprint density at radius 2 is 2.00 bits per heavy atom. The Morgan fingerprint density at radius 3 is 2.48 bits per heavy atom. The van der Waals surface area contributed by atoms with Crippen molar-refractivity contribution in [2.45, 2.75) is 26.8 Å². The summed E-state index contributed by atoms with van der Waals surface area (Å²) in [7, 11) is 0. The van der Waals surface area contributed by atoms with E-state index >= 15 is 0 Å². The molecule has 1 aromatic carbocycles. The Bertz CT molecular complexity index is 640. The van der Waals surface area contributed by atoms with Crippen molar-refractivity contribution in [3.8, 4) is 0 Å². The van der Waals surface area contributed by atoms with Gasteiger partial charge in [0.15, 0.2) is 0 Å². The molecule has 21 heavy (non-hydrogen) atoms. The van der Waals surface area contributed by atoms with Crippen LogP contribution in [0.15, 0.2) is 24.3 Å². The Labute approximate surface area is 133 Å². The van der Waals surface area contributed by atoms with Gasteiger partial charge in [-0.25, -0.2) is 4.98 Å². The number of carbonyl (C=O) groups is 1. The molecule has 6 heteroatoms. The van der Waals surface area contributed by atoms with Crippen molar-refractivity contribution in [1.82, 2.24) is 4.98 Å². The minimum absolute atomic E-state index is 0.0616. The highest BCUT2D eigenvalue weighted by Gasteiger charge is 2.22. The van der Waals surface area contributed by atoms with Crippen LogP contribution in [0.3, 0.4) is 0 Å². The van der Waals surface area contributed by atoms with Gasteiger partial charge in [0.25, 0.3) is 0 Å². The Balaban J connectivity index is 2.37. The number of rotatable bonds is 5. The summed E-state index contributed by atoms with van der Waals surface area (Å²) in [4.78, 5) is 18.6. The van der Waals surface area contributed by atoms with Gasteiger partial charge in [-0.1, -0.05) is 11.6 Å². The molecular weight excluding hydrogens is 308 g/mol. The fraction of sp³-hybridized carbons (Fsp3) is 0.333. The third-order valence-electron chi connectivity index (χ3n) is 3.25. The Morgan fingerprint density at radius 1 is 1.38 bits per heavy atom. The van der Waals surface area contributed by atoms with Crippen LogP contribution in [0.25, 0.3) is 0 Å². The van der Waals surface area contributed by atoms with Crippen molar-refractivity contribution >= 4 is 34.6 Å². The molecule has 1 atom stereocenters. The van der Waals surface area contributed by atoms with Crippen LogP contribution in [-0.2, 0) is 4.79 Å². The van der Waals surface area contributed by atoms with Crippen LogP contribution >= 0.6 is 22.9 Å². The molecular formula is C15H17ClN2O2S. The molecule has 0 bridgehead atoms. The highest BCUT2D eigenvalue weighted by Crippen LogP contribution is 2.32. The first-order chi connectivity index (χ1) is 9.88. The molecule has 0 radical (unpaired) electrons. The maximum atomic E-state index is 11.2. The number of anilines is 1. The van der Waals surface area contributed by atoms with Gasteiger partial charge >= 0.3 is 5.97 Å². The van der Waals surface area contributed by atoms with Gasteiger partial charge in [-0.15, -0.1) is 11.3 Å². The van der Waals surface area contributed by atoms with E-state index in [9.17, 15) is 9.90 Å². The number of nitrogens with zero attached hydrogens (tertiary/aromatic N) is 2. The highest BCUT2D eigenvalue weighted by atomic mass is 35.5. The molecule has 1 N–H and O–H groups in total. The van der Waals surface area contributed by atoms with Crippen LogP contribution in [-0.4, -0.2) is 22.6 Å². The lowest BCUT2D eigenvalue weighted by atomic mass is 10.1. The van der Waals surface area contributed by atoms with E-state index in [4.69, 9.17) is 11.6 Å². The zero-order valence-corrected chi connectivity index (χ0v) is 13.7. The van der Waals surface area contributed by atoms with Crippen LogP contribution in [0.4, 0.5) is 5.69 Å². The van der Waals surface area contributed by atoms with E-state index in [2.05, 4.69) is 4.98 Å². The number of benzene rings is 1. The first-order valence-corrected chi connectivity index (χ1v) is 7.76. The summed E-state index contributed by atoms with van der Waals surface area (Å²) < 4.78 is 0. The lowest BCUT2D eigenvalue weighted by Crippen LogP contribution is -2.32. The van der Waals surface area contributed by atoms with Gasteiger partial charge in [-0.05, 0) is 45.0 Å². The van der Waals surface area contributed by atoms with Crippen molar-refractivity contribution in [1.29, 1.82) is 0 Å². The van der Waals surface area contributed by atoms with Gasteiger partial charge in [0.2, 0.25) is 0 Å². The smallest absolute Gasteiger partial charge is 0.323 e. The largest absolute Gasteiger partial charge is 0.480 e. The van der Waals surface area contributed by atoms with Crippen LogP contribution in [0.5, 0.6) is 0 Å². The molecule has 1 aromatic heterocycles. The molecule has 0 spiro atoms. The number of thiazole rings is 1. The summed E-state index contributed by atoms with van der Waals surface area (Å²) in [5.74, 6) is -0.865. The minimum atomic E-state index is -0.865. The number of hydrogen-bond acceptors (Lipinski definition) is 4. The fourth-order valence-corrected chi connectivity index (χ4v) is 3.42. The molecule has 0 saturated carbocycles. The average molecular weight is 325 g/mol. The van der Waals surface area contributed by atoms with E-state index in [1.54, 1.807) is 23.5 Å². The van der Waals surface area contributed by atoms with Crippen LogP contribution < -0.4 is 4.90 Å². The van der Waals surface area contributed by atoms with E-state index in [0.717, 1.165) is 21.3 Å². The van der Waals surface area contributed by atoms with Gasteiger partial charge in [0, 0.05) is 15.6 Å². The second-order valence-electron chi connectivity index (χ2n) is 4.86. The normalized spacial score (nSPS) is 12.2. The van der Waals surface area contributed by atoms with E-state index in [1.807, 2.05) is 37.8 Å². The van der Waals surface area contributed by atoms with Crippen LogP contribution in [0.2, 0.25) is 5.02 Å². The monoisotopic (exact) mass is 324 g/mol. The fourth-order valence-electron chi connectivity index (χ4n) is 2.31. The van der Waals surface area contributed by atoms with E-state index < -0.39 is 5.97 Å². The van der Waals surface area contributed by atoms with Crippen LogP contribution in [0, 0.1) is 13.8 Å². The first kappa shape index (κ1) is 15.8. The minimum Gasteiger partial charge on any atom is -0.480 e. The lowest BCUT2D eigenvalue weighted by molar-refractivity contribution is -0.135. The summed E-state index contributed by atoms with van der Waals surface area (Å²) >= 11 is 7.51. The molecule has 1 unspecified atom stereocenters. The zero-order chi connectivity index (χ0) is 15.6. The van der Waals surface area contributed by atoms with E-state index in [-0.39, 0.29) is 12.6 Å². The summed E-state index contributed by atoms with van der Waals surface area (Å²) in [6.07, 6.45) is 0. The number of carboxylic acids is 1.